The Morgan fingerprint density at radius 2 is 2.19 bits per heavy atom. The second-order valence-electron chi connectivity index (χ2n) is 6.28. The first-order chi connectivity index (χ1) is 10.2. The summed E-state index contributed by atoms with van der Waals surface area (Å²) in [5, 5.41) is 0. The van der Waals surface area contributed by atoms with Crippen molar-refractivity contribution in [3.63, 3.8) is 0 Å². The molecule has 2 heterocycles. The number of hydrogen-bond donors (Lipinski definition) is 1. The van der Waals surface area contributed by atoms with Crippen LogP contribution >= 0.6 is 0 Å². The number of nitrogen functional groups attached to an aromatic ring is 1. The Labute approximate surface area is 126 Å². The van der Waals surface area contributed by atoms with Gasteiger partial charge in [-0.3, -0.25) is 0 Å². The molecule has 5 nitrogen and oxygen atoms in total. The van der Waals surface area contributed by atoms with E-state index < -0.39 is 0 Å². The summed E-state index contributed by atoms with van der Waals surface area (Å²) in [5.41, 5.74) is 6.57. The van der Waals surface area contributed by atoms with Crippen molar-refractivity contribution >= 4 is 11.5 Å². The van der Waals surface area contributed by atoms with Gasteiger partial charge in [0, 0.05) is 20.2 Å². The maximum atomic E-state index is 5.95. The normalized spacial score (nSPS) is 22.0. The minimum atomic E-state index is 0.575. The fourth-order valence-corrected chi connectivity index (χ4v) is 2.68. The van der Waals surface area contributed by atoms with Gasteiger partial charge in [0.25, 0.3) is 0 Å². The van der Waals surface area contributed by atoms with Gasteiger partial charge >= 0.3 is 0 Å². The first kappa shape index (κ1) is 14.4. The summed E-state index contributed by atoms with van der Waals surface area (Å²) in [5.74, 6) is 2.78. The average molecular weight is 291 g/mol. The molecule has 3 rings (SSSR count). The molecule has 1 saturated carbocycles. The Morgan fingerprint density at radius 1 is 1.33 bits per heavy atom. The zero-order chi connectivity index (χ0) is 14.7. The third-order valence-electron chi connectivity index (χ3n) is 4.21. The number of rotatable bonds is 6. The molecule has 2 aliphatic rings. The summed E-state index contributed by atoms with van der Waals surface area (Å²) in [6.45, 7) is 3.45. The average Bonchev–Trinajstić information content (AvgIpc) is 3.31. The van der Waals surface area contributed by atoms with Crippen LogP contribution in [-0.2, 0) is 4.74 Å². The van der Waals surface area contributed by atoms with Crippen molar-refractivity contribution in [2.24, 2.45) is 11.8 Å². The highest BCUT2D eigenvalue weighted by Crippen LogP contribution is 2.31. The van der Waals surface area contributed by atoms with Crippen molar-refractivity contribution in [3.05, 3.63) is 12.1 Å². The molecule has 21 heavy (non-hydrogen) atoms. The van der Waals surface area contributed by atoms with Gasteiger partial charge in [0.1, 0.15) is 5.82 Å². The van der Waals surface area contributed by atoms with E-state index in [2.05, 4.69) is 16.9 Å². The molecule has 1 saturated heterocycles. The number of pyridine rings is 1. The number of ether oxygens (including phenoxy) is 2. The summed E-state index contributed by atoms with van der Waals surface area (Å²) >= 11 is 0. The third-order valence-corrected chi connectivity index (χ3v) is 4.21. The minimum absolute atomic E-state index is 0.575. The maximum absolute atomic E-state index is 5.95. The molecule has 0 bridgehead atoms. The minimum Gasteiger partial charge on any atom is -0.476 e. The molecule has 1 aromatic heterocycles. The van der Waals surface area contributed by atoms with Crippen molar-refractivity contribution in [3.8, 4) is 5.88 Å². The molecule has 1 unspecified atom stereocenters. The van der Waals surface area contributed by atoms with Crippen LogP contribution < -0.4 is 15.4 Å². The summed E-state index contributed by atoms with van der Waals surface area (Å²) in [4.78, 5) is 6.74. The predicted octanol–water partition coefficient (Wildman–Crippen LogP) is 2.32. The van der Waals surface area contributed by atoms with E-state index in [-0.39, 0.29) is 0 Å². The Kier molecular flexibility index (Phi) is 4.48. The van der Waals surface area contributed by atoms with E-state index in [9.17, 15) is 0 Å². The Hall–Kier alpha value is -1.49. The SMILES string of the molecule is CN(CC1CCCOC1)c1ccc(N)c(OCC2CC2)n1. The van der Waals surface area contributed by atoms with E-state index in [1.54, 1.807) is 0 Å². The highest BCUT2D eigenvalue weighted by Gasteiger charge is 2.23. The molecule has 2 N–H and O–H groups in total. The molecule has 0 aromatic carbocycles. The highest BCUT2D eigenvalue weighted by atomic mass is 16.5. The maximum Gasteiger partial charge on any atom is 0.239 e. The Morgan fingerprint density at radius 3 is 2.90 bits per heavy atom. The van der Waals surface area contributed by atoms with E-state index in [1.165, 1.54) is 19.3 Å². The number of nitrogens with zero attached hydrogens (tertiary/aromatic N) is 2. The largest absolute Gasteiger partial charge is 0.476 e. The van der Waals surface area contributed by atoms with E-state index >= 15 is 0 Å². The lowest BCUT2D eigenvalue weighted by atomic mass is 10.0. The molecular weight excluding hydrogens is 266 g/mol. The molecule has 116 valence electrons. The van der Waals surface area contributed by atoms with Crippen molar-refractivity contribution in [2.45, 2.75) is 25.7 Å². The molecule has 2 fully saturated rings. The molecule has 0 radical (unpaired) electrons. The van der Waals surface area contributed by atoms with E-state index in [0.717, 1.165) is 38.6 Å². The molecule has 1 aliphatic heterocycles. The van der Waals surface area contributed by atoms with Crippen LogP contribution in [0.1, 0.15) is 25.7 Å². The number of hydrogen-bond acceptors (Lipinski definition) is 5. The highest BCUT2D eigenvalue weighted by molar-refractivity contribution is 5.54. The van der Waals surface area contributed by atoms with Crippen LogP contribution in [0, 0.1) is 11.8 Å². The van der Waals surface area contributed by atoms with E-state index in [4.69, 9.17) is 15.2 Å². The summed E-state index contributed by atoms with van der Waals surface area (Å²) in [7, 11) is 2.07. The lowest BCUT2D eigenvalue weighted by molar-refractivity contribution is 0.0576. The zero-order valence-corrected chi connectivity index (χ0v) is 12.8. The van der Waals surface area contributed by atoms with Crippen molar-refractivity contribution < 1.29 is 9.47 Å². The number of nitrogens with two attached hydrogens (primary N) is 1. The standard InChI is InChI=1S/C16H25N3O2/c1-19(9-13-3-2-8-20-10-13)15-7-6-14(17)16(18-15)21-11-12-4-5-12/h6-7,12-13H,2-5,8-11,17H2,1H3. The van der Waals surface area contributed by atoms with Crippen LogP contribution in [-0.4, -0.2) is 38.4 Å². The summed E-state index contributed by atoms with van der Waals surface area (Å²) in [6, 6.07) is 3.85. The van der Waals surface area contributed by atoms with Crippen LogP contribution in [0.25, 0.3) is 0 Å². The van der Waals surface area contributed by atoms with Crippen LogP contribution in [0.15, 0.2) is 12.1 Å². The van der Waals surface area contributed by atoms with Gasteiger partial charge in [-0.25, -0.2) is 0 Å². The molecular formula is C16H25N3O2. The molecule has 0 spiro atoms. The lowest BCUT2D eigenvalue weighted by Crippen LogP contribution is -2.31. The van der Waals surface area contributed by atoms with Gasteiger partial charge in [-0.05, 0) is 49.7 Å². The first-order valence-electron chi connectivity index (χ1n) is 7.90. The Balaban J connectivity index is 1.61. The molecule has 5 heteroatoms. The first-order valence-corrected chi connectivity index (χ1v) is 7.90. The van der Waals surface area contributed by atoms with Gasteiger partial charge in [0.2, 0.25) is 5.88 Å². The van der Waals surface area contributed by atoms with Crippen LogP contribution in [0.2, 0.25) is 0 Å². The fraction of sp³-hybridized carbons (Fsp3) is 0.688. The van der Waals surface area contributed by atoms with Gasteiger partial charge < -0.3 is 20.1 Å². The lowest BCUT2D eigenvalue weighted by Gasteiger charge is -2.28. The van der Waals surface area contributed by atoms with Crippen LogP contribution in [0.5, 0.6) is 5.88 Å². The van der Waals surface area contributed by atoms with Gasteiger partial charge in [-0.1, -0.05) is 0 Å². The quantitative estimate of drug-likeness (QED) is 0.871. The summed E-state index contributed by atoms with van der Waals surface area (Å²) in [6.07, 6.45) is 4.91. The zero-order valence-electron chi connectivity index (χ0n) is 12.8. The summed E-state index contributed by atoms with van der Waals surface area (Å²) < 4.78 is 11.3. The third kappa shape index (κ3) is 4.00. The van der Waals surface area contributed by atoms with Gasteiger partial charge in [-0.2, -0.15) is 4.98 Å². The Bertz CT molecular complexity index is 471. The molecule has 0 amide bonds. The topological polar surface area (TPSA) is 60.6 Å². The smallest absolute Gasteiger partial charge is 0.239 e. The molecule has 1 aliphatic carbocycles. The predicted molar refractivity (Wildman–Crippen MR) is 83.7 cm³/mol. The molecule has 1 aromatic rings. The van der Waals surface area contributed by atoms with Gasteiger partial charge in [0.05, 0.1) is 18.9 Å². The van der Waals surface area contributed by atoms with Gasteiger partial charge in [0.15, 0.2) is 0 Å². The molecule has 1 atom stereocenters. The van der Waals surface area contributed by atoms with Crippen molar-refractivity contribution in [1.29, 1.82) is 0 Å². The van der Waals surface area contributed by atoms with Crippen LogP contribution in [0.4, 0.5) is 11.5 Å². The monoisotopic (exact) mass is 291 g/mol. The van der Waals surface area contributed by atoms with Crippen molar-refractivity contribution in [1.82, 2.24) is 4.98 Å². The number of aromatic nitrogens is 1. The van der Waals surface area contributed by atoms with Gasteiger partial charge in [-0.15, -0.1) is 0 Å². The van der Waals surface area contributed by atoms with E-state index in [1.807, 2.05) is 12.1 Å². The second kappa shape index (κ2) is 6.52. The number of anilines is 2. The second-order valence-corrected chi connectivity index (χ2v) is 6.28. The fourth-order valence-electron chi connectivity index (χ4n) is 2.68. The van der Waals surface area contributed by atoms with Crippen LogP contribution in [0.3, 0.4) is 0 Å². The van der Waals surface area contributed by atoms with E-state index in [0.29, 0.717) is 23.4 Å². The van der Waals surface area contributed by atoms with Crippen molar-refractivity contribution in [2.75, 3.05) is 44.0 Å².